The average Bonchev–Trinajstić information content (AvgIpc) is 2.27. The third kappa shape index (κ3) is 4.24. The van der Waals surface area contributed by atoms with Gasteiger partial charge in [-0.2, -0.15) is 11.8 Å². The molecule has 0 fully saturated rings. The zero-order valence-corrected chi connectivity index (χ0v) is 11.3. The Bertz CT molecular complexity index is 333. The standard InChI is InChI=1S/C12H18ClNOS/c1-3-16-8-11(14)7-9-6-10(13)4-5-12(9)15-2/h4-6,11H,3,7-8,14H2,1-2H3. The van der Waals surface area contributed by atoms with Gasteiger partial charge in [0.15, 0.2) is 0 Å². The summed E-state index contributed by atoms with van der Waals surface area (Å²) in [5, 5.41) is 0.728. The summed E-state index contributed by atoms with van der Waals surface area (Å²) >= 11 is 7.81. The van der Waals surface area contributed by atoms with Crippen LogP contribution in [0.25, 0.3) is 0 Å². The van der Waals surface area contributed by atoms with Gasteiger partial charge in [-0.1, -0.05) is 18.5 Å². The van der Waals surface area contributed by atoms with Crippen LogP contribution in [0.5, 0.6) is 5.75 Å². The van der Waals surface area contributed by atoms with Gasteiger partial charge in [-0.3, -0.25) is 0 Å². The van der Waals surface area contributed by atoms with Gasteiger partial charge in [0.25, 0.3) is 0 Å². The van der Waals surface area contributed by atoms with E-state index in [4.69, 9.17) is 22.1 Å². The van der Waals surface area contributed by atoms with Crippen LogP contribution >= 0.6 is 23.4 Å². The van der Waals surface area contributed by atoms with Gasteiger partial charge >= 0.3 is 0 Å². The molecule has 0 heterocycles. The fraction of sp³-hybridized carbons (Fsp3) is 0.500. The van der Waals surface area contributed by atoms with E-state index < -0.39 is 0 Å². The second-order valence-corrected chi connectivity index (χ2v) is 5.34. The number of thioether (sulfide) groups is 1. The van der Waals surface area contributed by atoms with E-state index in [1.165, 1.54) is 0 Å². The van der Waals surface area contributed by atoms with Crippen LogP contribution in [0.1, 0.15) is 12.5 Å². The highest BCUT2D eigenvalue weighted by Gasteiger charge is 2.09. The maximum absolute atomic E-state index is 6.05. The van der Waals surface area contributed by atoms with Crippen LogP contribution < -0.4 is 10.5 Å². The van der Waals surface area contributed by atoms with Gasteiger partial charge in [0, 0.05) is 16.8 Å². The molecule has 0 bridgehead atoms. The largest absolute Gasteiger partial charge is 0.496 e. The highest BCUT2D eigenvalue weighted by atomic mass is 35.5. The predicted octanol–water partition coefficient (Wildman–Crippen LogP) is 2.97. The Hall–Kier alpha value is -0.380. The van der Waals surface area contributed by atoms with Crippen LogP contribution in [-0.2, 0) is 6.42 Å². The van der Waals surface area contributed by atoms with E-state index in [0.29, 0.717) is 0 Å². The Morgan fingerprint density at radius 1 is 1.50 bits per heavy atom. The van der Waals surface area contributed by atoms with Gasteiger partial charge in [0.05, 0.1) is 7.11 Å². The summed E-state index contributed by atoms with van der Waals surface area (Å²) < 4.78 is 5.28. The van der Waals surface area contributed by atoms with E-state index in [1.807, 2.05) is 30.0 Å². The first-order chi connectivity index (χ1) is 7.67. The highest BCUT2D eigenvalue weighted by molar-refractivity contribution is 7.99. The third-order valence-electron chi connectivity index (χ3n) is 2.26. The molecule has 2 N–H and O–H groups in total. The summed E-state index contributed by atoms with van der Waals surface area (Å²) in [6, 6.07) is 5.79. The molecule has 16 heavy (non-hydrogen) atoms. The molecule has 2 nitrogen and oxygen atoms in total. The second-order valence-electron chi connectivity index (χ2n) is 3.58. The number of ether oxygens (including phenoxy) is 1. The second kappa shape index (κ2) is 7.05. The fourth-order valence-electron chi connectivity index (χ4n) is 1.52. The van der Waals surface area contributed by atoms with Crippen LogP contribution in [0.3, 0.4) is 0 Å². The molecule has 0 aromatic heterocycles. The van der Waals surface area contributed by atoms with Crippen molar-refractivity contribution in [2.45, 2.75) is 19.4 Å². The molecule has 1 aromatic rings. The predicted molar refractivity (Wildman–Crippen MR) is 72.7 cm³/mol. The summed E-state index contributed by atoms with van der Waals surface area (Å²) in [5.41, 5.74) is 7.13. The first kappa shape index (κ1) is 13.7. The number of methoxy groups -OCH3 is 1. The van der Waals surface area contributed by atoms with Crippen molar-refractivity contribution in [3.05, 3.63) is 28.8 Å². The number of nitrogens with two attached hydrogens (primary N) is 1. The smallest absolute Gasteiger partial charge is 0.122 e. The van der Waals surface area contributed by atoms with Crippen LogP contribution in [-0.4, -0.2) is 24.7 Å². The third-order valence-corrected chi connectivity index (χ3v) is 3.57. The van der Waals surface area contributed by atoms with E-state index in [9.17, 15) is 0 Å². The zero-order chi connectivity index (χ0) is 12.0. The quantitative estimate of drug-likeness (QED) is 0.853. The molecule has 4 heteroatoms. The minimum absolute atomic E-state index is 0.150. The SMILES string of the molecule is CCSCC(N)Cc1cc(Cl)ccc1OC. The average molecular weight is 260 g/mol. The van der Waals surface area contributed by atoms with E-state index in [0.717, 1.165) is 34.3 Å². The van der Waals surface area contributed by atoms with Gasteiger partial charge in [0.1, 0.15) is 5.75 Å². The monoisotopic (exact) mass is 259 g/mol. The van der Waals surface area contributed by atoms with Crippen molar-refractivity contribution in [1.82, 2.24) is 0 Å². The van der Waals surface area contributed by atoms with Gasteiger partial charge in [-0.15, -0.1) is 0 Å². The Morgan fingerprint density at radius 2 is 2.25 bits per heavy atom. The molecule has 0 aliphatic carbocycles. The molecular weight excluding hydrogens is 242 g/mol. The molecule has 1 atom stereocenters. The van der Waals surface area contributed by atoms with Gasteiger partial charge in [-0.05, 0) is 35.9 Å². The molecule has 90 valence electrons. The summed E-state index contributed by atoms with van der Waals surface area (Å²) in [4.78, 5) is 0. The van der Waals surface area contributed by atoms with Crippen LogP contribution in [0.15, 0.2) is 18.2 Å². The first-order valence-corrected chi connectivity index (χ1v) is 6.86. The molecule has 0 aliphatic heterocycles. The Morgan fingerprint density at radius 3 is 2.88 bits per heavy atom. The number of hydrogen-bond donors (Lipinski definition) is 1. The maximum atomic E-state index is 6.05. The molecule has 0 amide bonds. The topological polar surface area (TPSA) is 35.2 Å². The Balaban J connectivity index is 2.67. The molecule has 1 rings (SSSR count). The summed E-state index contributed by atoms with van der Waals surface area (Å²) in [6.07, 6.45) is 0.802. The van der Waals surface area contributed by atoms with E-state index in [1.54, 1.807) is 7.11 Å². The van der Waals surface area contributed by atoms with Crippen LogP contribution in [0.2, 0.25) is 5.02 Å². The van der Waals surface area contributed by atoms with Crippen LogP contribution in [0, 0.1) is 0 Å². The fourth-order valence-corrected chi connectivity index (χ4v) is 2.37. The van der Waals surface area contributed by atoms with E-state index >= 15 is 0 Å². The van der Waals surface area contributed by atoms with Crippen LogP contribution in [0.4, 0.5) is 0 Å². The van der Waals surface area contributed by atoms with Crippen molar-refractivity contribution in [3.8, 4) is 5.75 Å². The number of halogens is 1. The van der Waals surface area contributed by atoms with Crippen molar-refractivity contribution in [1.29, 1.82) is 0 Å². The summed E-state index contributed by atoms with van der Waals surface area (Å²) in [5.74, 6) is 2.92. The first-order valence-electron chi connectivity index (χ1n) is 5.33. The molecule has 0 saturated heterocycles. The molecule has 1 unspecified atom stereocenters. The molecule has 1 aromatic carbocycles. The van der Waals surface area contributed by atoms with Crippen molar-refractivity contribution in [3.63, 3.8) is 0 Å². The summed E-state index contributed by atoms with van der Waals surface area (Å²) in [6.45, 7) is 2.14. The molecule has 0 saturated carbocycles. The molecular formula is C12H18ClNOS. The number of benzene rings is 1. The lowest BCUT2D eigenvalue weighted by Gasteiger charge is -2.14. The minimum atomic E-state index is 0.150. The van der Waals surface area contributed by atoms with Crippen molar-refractivity contribution in [2.75, 3.05) is 18.6 Å². The van der Waals surface area contributed by atoms with Crippen molar-refractivity contribution in [2.24, 2.45) is 5.73 Å². The maximum Gasteiger partial charge on any atom is 0.122 e. The normalized spacial score (nSPS) is 12.5. The summed E-state index contributed by atoms with van der Waals surface area (Å²) in [7, 11) is 1.67. The molecule has 0 radical (unpaired) electrons. The Labute approximate surface area is 107 Å². The minimum Gasteiger partial charge on any atom is -0.496 e. The lowest BCUT2D eigenvalue weighted by Crippen LogP contribution is -2.25. The van der Waals surface area contributed by atoms with E-state index in [2.05, 4.69) is 6.92 Å². The van der Waals surface area contributed by atoms with Crippen molar-refractivity contribution < 1.29 is 4.74 Å². The highest BCUT2D eigenvalue weighted by Crippen LogP contribution is 2.24. The lowest BCUT2D eigenvalue weighted by molar-refractivity contribution is 0.408. The lowest BCUT2D eigenvalue weighted by atomic mass is 10.1. The van der Waals surface area contributed by atoms with Gasteiger partial charge < -0.3 is 10.5 Å². The number of rotatable bonds is 6. The zero-order valence-electron chi connectivity index (χ0n) is 9.70. The van der Waals surface area contributed by atoms with E-state index in [-0.39, 0.29) is 6.04 Å². The number of hydrogen-bond acceptors (Lipinski definition) is 3. The Kier molecular flexibility index (Phi) is 6.03. The van der Waals surface area contributed by atoms with Gasteiger partial charge in [-0.25, -0.2) is 0 Å². The molecule has 0 spiro atoms. The van der Waals surface area contributed by atoms with Crippen molar-refractivity contribution >= 4 is 23.4 Å². The molecule has 0 aliphatic rings. The van der Waals surface area contributed by atoms with Gasteiger partial charge in [0.2, 0.25) is 0 Å².